The molecule has 182 valence electrons. The third-order valence-electron chi connectivity index (χ3n) is 5.76. The lowest BCUT2D eigenvalue weighted by molar-refractivity contribution is -0.137. The second-order valence-electron chi connectivity index (χ2n) is 8.10. The van der Waals surface area contributed by atoms with Gasteiger partial charge in [0.05, 0.1) is 18.6 Å². The van der Waals surface area contributed by atoms with Gasteiger partial charge in [-0.1, -0.05) is 42.1 Å². The van der Waals surface area contributed by atoms with E-state index < -0.39 is 0 Å². The van der Waals surface area contributed by atoms with Crippen LogP contribution in [0.4, 0.5) is 4.39 Å². The zero-order valence-corrected chi connectivity index (χ0v) is 20.2. The minimum atomic E-state index is -0.365. The minimum absolute atomic E-state index is 0.0362. The van der Waals surface area contributed by atoms with Crippen LogP contribution in [-0.4, -0.2) is 59.3 Å². The van der Waals surface area contributed by atoms with Crippen molar-refractivity contribution in [2.24, 2.45) is 0 Å². The molecule has 9 heteroatoms. The van der Waals surface area contributed by atoms with E-state index in [0.717, 1.165) is 29.7 Å². The zero-order valence-electron chi connectivity index (χ0n) is 19.4. The van der Waals surface area contributed by atoms with Crippen LogP contribution in [0.2, 0.25) is 0 Å². The third kappa shape index (κ3) is 6.57. The molecule has 4 rings (SSSR count). The quantitative estimate of drug-likeness (QED) is 0.261. The number of para-hydroxylation sites is 1. The summed E-state index contributed by atoms with van der Waals surface area (Å²) >= 11 is 1.19. The molecule has 7 nitrogen and oxygen atoms in total. The number of benzene rings is 2. The van der Waals surface area contributed by atoms with Crippen LogP contribution >= 0.6 is 11.8 Å². The second-order valence-corrected chi connectivity index (χ2v) is 9.05. The maximum absolute atomic E-state index is 13.5. The van der Waals surface area contributed by atoms with Crippen LogP contribution < -0.4 is 4.74 Å². The van der Waals surface area contributed by atoms with Gasteiger partial charge in [0.2, 0.25) is 0 Å². The van der Waals surface area contributed by atoms with E-state index in [4.69, 9.17) is 14.5 Å². The Hall–Kier alpha value is -3.46. The van der Waals surface area contributed by atoms with Crippen molar-refractivity contribution in [3.8, 4) is 16.9 Å². The first-order valence-corrected chi connectivity index (χ1v) is 12.3. The molecule has 0 bridgehead atoms. The van der Waals surface area contributed by atoms with Crippen molar-refractivity contribution < 1.29 is 23.5 Å². The van der Waals surface area contributed by atoms with E-state index >= 15 is 0 Å². The van der Waals surface area contributed by atoms with E-state index in [1.807, 2.05) is 30.3 Å². The second kappa shape index (κ2) is 11.8. The van der Waals surface area contributed by atoms with Gasteiger partial charge < -0.3 is 14.4 Å². The number of methoxy groups -OCH3 is 1. The molecule has 2 aromatic carbocycles. The van der Waals surface area contributed by atoms with Gasteiger partial charge in [-0.05, 0) is 42.7 Å². The van der Waals surface area contributed by atoms with Crippen LogP contribution in [0, 0.1) is 5.82 Å². The van der Waals surface area contributed by atoms with E-state index in [9.17, 15) is 14.0 Å². The highest BCUT2D eigenvalue weighted by Gasteiger charge is 2.28. The third-order valence-corrected chi connectivity index (χ3v) is 6.60. The van der Waals surface area contributed by atoms with Gasteiger partial charge in [-0.3, -0.25) is 9.59 Å². The van der Waals surface area contributed by atoms with Crippen molar-refractivity contribution in [2.45, 2.75) is 23.9 Å². The number of thioether (sulfide) groups is 1. The van der Waals surface area contributed by atoms with Gasteiger partial charge in [-0.25, -0.2) is 14.4 Å². The molecular formula is C26H26FN3O4S. The van der Waals surface area contributed by atoms with E-state index in [1.165, 1.54) is 31.0 Å². The Balaban J connectivity index is 1.54. The highest BCUT2D eigenvalue weighted by atomic mass is 32.2. The van der Waals surface area contributed by atoms with Crippen molar-refractivity contribution in [1.29, 1.82) is 0 Å². The Bertz CT molecular complexity index is 1160. The topological polar surface area (TPSA) is 81.6 Å². The average molecular weight is 496 g/mol. The van der Waals surface area contributed by atoms with Crippen LogP contribution in [0.15, 0.2) is 66.0 Å². The lowest BCUT2D eigenvalue weighted by atomic mass is 9.90. The number of nitrogens with zero attached hydrogens (tertiary/aromatic N) is 3. The summed E-state index contributed by atoms with van der Waals surface area (Å²) in [6.07, 6.45) is 3.36. The molecule has 1 unspecified atom stereocenters. The molecule has 1 aromatic heterocycles. The Morgan fingerprint density at radius 1 is 1.14 bits per heavy atom. The summed E-state index contributed by atoms with van der Waals surface area (Å²) < 4.78 is 23.9. The molecule has 0 spiro atoms. The van der Waals surface area contributed by atoms with Gasteiger partial charge in [-0.15, -0.1) is 0 Å². The lowest BCUT2D eigenvalue weighted by Crippen LogP contribution is -2.41. The Morgan fingerprint density at radius 2 is 1.91 bits per heavy atom. The fourth-order valence-corrected chi connectivity index (χ4v) is 4.63. The number of amides is 1. The number of piperidine rings is 1. The monoisotopic (exact) mass is 495 g/mol. The first-order valence-electron chi connectivity index (χ1n) is 11.3. The first kappa shape index (κ1) is 24.7. The van der Waals surface area contributed by atoms with Gasteiger partial charge in [0.15, 0.2) is 11.8 Å². The largest absolute Gasteiger partial charge is 0.484 e. The molecule has 3 aromatic rings. The van der Waals surface area contributed by atoms with Crippen LogP contribution in [-0.2, 0) is 14.3 Å². The predicted molar refractivity (Wildman–Crippen MR) is 131 cm³/mol. The van der Waals surface area contributed by atoms with Crippen LogP contribution in [0.5, 0.6) is 5.75 Å². The van der Waals surface area contributed by atoms with Gasteiger partial charge in [0.25, 0.3) is 5.91 Å². The number of carbonyl (C=O) groups is 2. The van der Waals surface area contributed by atoms with Crippen LogP contribution in [0.3, 0.4) is 0 Å². The number of hydrogen-bond donors (Lipinski definition) is 0. The smallest absolute Gasteiger partial charge is 0.316 e. The molecule has 1 fully saturated rings. The van der Waals surface area contributed by atoms with Gasteiger partial charge in [-0.2, -0.15) is 0 Å². The fourth-order valence-electron chi connectivity index (χ4n) is 3.97. The van der Waals surface area contributed by atoms with Crippen molar-refractivity contribution in [3.05, 3.63) is 72.3 Å². The lowest BCUT2D eigenvalue weighted by Gasteiger charge is -2.33. The standard InChI is InChI=1S/C26H26FN3O4S/c1-33-24(32)17-35-26-28-14-22(18-9-11-20(27)12-10-18)25(29-26)19-6-5-13-30(15-19)23(31)16-34-21-7-3-2-4-8-21/h2-4,7-12,14,19H,5-6,13,15-17H2,1H3. The number of esters is 1. The summed E-state index contributed by atoms with van der Waals surface area (Å²) in [6, 6.07) is 15.4. The Morgan fingerprint density at radius 3 is 2.66 bits per heavy atom. The number of carbonyl (C=O) groups excluding carboxylic acids is 2. The molecule has 1 atom stereocenters. The Labute approximate surface area is 207 Å². The fraction of sp³-hybridized carbons (Fsp3) is 0.308. The molecule has 2 heterocycles. The summed E-state index contributed by atoms with van der Waals surface area (Å²) in [5.74, 6) is -0.0694. The van der Waals surface area contributed by atoms with Gasteiger partial charge in [0, 0.05) is 30.8 Å². The summed E-state index contributed by atoms with van der Waals surface area (Å²) in [4.78, 5) is 35.4. The molecule has 0 radical (unpaired) electrons. The number of aromatic nitrogens is 2. The predicted octanol–water partition coefficient (Wildman–Crippen LogP) is 4.33. The number of hydrogen-bond acceptors (Lipinski definition) is 7. The number of ether oxygens (including phenoxy) is 2. The summed E-state index contributed by atoms with van der Waals surface area (Å²) in [5.41, 5.74) is 2.36. The number of halogens is 1. The van der Waals surface area contributed by atoms with Crippen LogP contribution in [0.1, 0.15) is 24.5 Å². The minimum Gasteiger partial charge on any atom is -0.484 e. The maximum Gasteiger partial charge on any atom is 0.316 e. The molecule has 1 saturated heterocycles. The normalized spacial score (nSPS) is 15.5. The first-order chi connectivity index (χ1) is 17.0. The van der Waals surface area contributed by atoms with E-state index in [0.29, 0.717) is 24.0 Å². The van der Waals surface area contributed by atoms with E-state index in [1.54, 1.807) is 23.2 Å². The van der Waals surface area contributed by atoms with Crippen molar-refractivity contribution in [2.75, 3.05) is 32.6 Å². The molecule has 1 aliphatic heterocycles. The summed E-state index contributed by atoms with van der Waals surface area (Å²) in [6.45, 7) is 1.10. The van der Waals surface area contributed by atoms with Crippen molar-refractivity contribution in [3.63, 3.8) is 0 Å². The zero-order chi connectivity index (χ0) is 24.6. The highest BCUT2D eigenvalue weighted by molar-refractivity contribution is 7.99. The van der Waals surface area contributed by atoms with Crippen molar-refractivity contribution in [1.82, 2.24) is 14.9 Å². The van der Waals surface area contributed by atoms with Gasteiger partial charge >= 0.3 is 5.97 Å². The highest BCUT2D eigenvalue weighted by Crippen LogP contribution is 2.34. The van der Waals surface area contributed by atoms with Crippen LogP contribution in [0.25, 0.3) is 11.1 Å². The maximum atomic E-state index is 13.5. The number of rotatable bonds is 8. The Kier molecular flexibility index (Phi) is 8.31. The molecular weight excluding hydrogens is 469 g/mol. The van der Waals surface area contributed by atoms with Gasteiger partial charge in [0.1, 0.15) is 11.6 Å². The molecule has 0 N–H and O–H groups in total. The average Bonchev–Trinajstić information content (AvgIpc) is 2.91. The molecule has 35 heavy (non-hydrogen) atoms. The molecule has 1 amide bonds. The number of likely N-dealkylation sites (tertiary alicyclic amines) is 1. The summed E-state index contributed by atoms with van der Waals surface area (Å²) in [7, 11) is 1.34. The van der Waals surface area contributed by atoms with E-state index in [-0.39, 0.29) is 36.0 Å². The SMILES string of the molecule is COC(=O)CSc1ncc(-c2ccc(F)cc2)c(C2CCCN(C(=O)COc3ccccc3)C2)n1. The molecule has 0 aliphatic carbocycles. The van der Waals surface area contributed by atoms with E-state index in [2.05, 4.69) is 4.98 Å². The van der Waals surface area contributed by atoms with Crippen molar-refractivity contribution >= 4 is 23.6 Å². The molecule has 0 saturated carbocycles. The summed E-state index contributed by atoms with van der Waals surface area (Å²) in [5, 5.41) is 0.451. The molecule has 1 aliphatic rings.